The van der Waals surface area contributed by atoms with Crippen molar-refractivity contribution >= 4 is 17.9 Å². The molecule has 25 heavy (non-hydrogen) atoms. The first kappa shape index (κ1) is 20.3. The maximum Gasteiger partial charge on any atom is 0.407 e. The van der Waals surface area contributed by atoms with Crippen LogP contribution in [0.2, 0.25) is 0 Å². The number of likely N-dealkylation sites (tertiary alicyclic amines) is 1. The number of hydrogen-bond acceptors (Lipinski definition) is 6. The summed E-state index contributed by atoms with van der Waals surface area (Å²) in [5.74, 6) is -0.314. The number of alkyl carbamates (subject to hydrolysis) is 1. The van der Waals surface area contributed by atoms with E-state index < -0.39 is 12.0 Å². The van der Waals surface area contributed by atoms with E-state index in [1.54, 1.807) is 11.8 Å². The van der Waals surface area contributed by atoms with Gasteiger partial charge in [-0.05, 0) is 19.8 Å². The Morgan fingerprint density at radius 3 is 2.76 bits per heavy atom. The van der Waals surface area contributed by atoms with Crippen LogP contribution < -0.4 is 16.0 Å². The summed E-state index contributed by atoms with van der Waals surface area (Å²) < 4.78 is 4.69. The number of rotatable bonds is 10. The zero-order valence-corrected chi connectivity index (χ0v) is 14.5. The smallest absolute Gasteiger partial charge is 0.407 e. The number of nitrogens with one attached hydrogen (secondary N) is 3. The van der Waals surface area contributed by atoms with Crippen molar-refractivity contribution in [1.29, 1.82) is 5.26 Å². The third-order valence-corrected chi connectivity index (χ3v) is 3.49. The minimum Gasteiger partial charge on any atom is -0.450 e. The molecule has 1 rings (SSSR count). The zero-order valence-electron chi connectivity index (χ0n) is 14.5. The molecular weight excluding hydrogens is 326 g/mol. The molecule has 0 aromatic heterocycles. The van der Waals surface area contributed by atoms with Crippen molar-refractivity contribution in [3.8, 4) is 6.07 Å². The molecule has 1 saturated heterocycles. The van der Waals surface area contributed by atoms with E-state index in [2.05, 4.69) is 16.0 Å². The Kier molecular flexibility index (Phi) is 9.51. The summed E-state index contributed by atoms with van der Waals surface area (Å²) in [6, 6.07) is 1.82. The van der Waals surface area contributed by atoms with Gasteiger partial charge in [0.25, 0.3) is 5.91 Å². The normalized spacial score (nSPS) is 14.0. The van der Waals surface area contributed by atoms with Gasteiger partial charge in [0.15, 0.2) is 0 Å². The van der Waals surface area contributed by atoms with E-state index in [0.29, 0.717) is 45.6 Å². The first-order valence-corrected chi connectivity index (χ1v) is 8.38. The molecule has 1 aliphatic heterocycles. The summed E-state index contributed by atoms with van der Waals surface area (Å²) in [5.41, 5.74) is -0.0478. The number of carbonyl (C=O) groups excluding carboxylic acids is 3. The number of nitrogens with zero attached hydrogens (tertiary/aromatic N) is 2. The lowest BCUT2D eigenvalue weighted by atomic mass is 10.3. The monoisotopic (exact) mass is 351 g/mol. The molecule has 1 aliphatic rings. The van der Waals surface area contributed by atoms with Gasteiger partial charge >= 0.3 is 6.09 Å². The van der Waals surface area contributed by atoms with Crippen LogP contribution in [-0.4, -0.2) is 62.1 Å². The molecule has 0 radical (unpaired) electrons. The Balaban J connectivity index is 2.19. The fraction of sp³-hybridized carbons (Fsp3) is 0.625. The van der Waals surface area contributed by atoms with Crippen molar-refractivity contribution in [2.75, 3.05) is 39.3 Å². The topological polar surface area (TPSA) is 124 Å². The first-order valence-electron chi connectivity index (χ1n) is 8.38. The maximum absolute atomic E-state index is 11.9. The van der Waals surface area contributed by atoms with Gasteiger partial charge in [-0.3, -0.25) is 9.59 Å². The molecule has 138 valence electrons. The van der Waals surface area contributed by atoms with Gasteiger partial charge in [0.2, 0.25) is 5.91 Å². The predicted octanol–water partition coefficient (Wildman–Crippen LogP) is -0.142. The standard InChI is InChI=1S/C16H25N5O4/c1-2-25-16(24)20-8-7-18-12-13(11-17)15(23)19-6-4-10-21-9-3-5-14(21)22/h12,18H,2-10H2,1H3,(H,19,23)(H,20,24)/b13-12-. The van der Waals surface area contributed by atoms with Gasteiger partial charge in [-0.1, -0.05) is 0 Å². The van der Waals surface area contributed by atoms with Gasteiger partial charge in [-0.2, -0.15) is 5.26 Å². The number of hydrogen-bond donors (Lipinski definition) is 3. The minimum absolute atomic E-state index is 0.0478. The van der Waals surface area contributed by atoms with Crippen molar-refractivity contribution < 1.29 is 19.1 Å². The highest BCUT2D eigenvalue weighted by molar-refractivity contribution is 5.97. The highest BCUT2D eigenvalue weighted by atomic mass is 16.5. The summed E-state index contributed by atoms with van der Waals surface area (Å²) in [6.07, 6.45) is 2.94. The maximum atomic E-state index is 11.9. The van der Waals surface area contributed by atoms with E-state index in [1.165, 1.54) is 6.20 Å². The first-order chi connectivity index (χ1) is 12.1. The summed E-state index contributed by atoms with van der Waals surface area (Å²) >= 11 is 0. The van der Waals surface area contributed by atoms with E-state index in [9.17, 15) is 14.4 Å². The third-order valence-electron chi connectivity index (χ3n) is 3.49. The highest BCUT2D eigenvalue weighted by Gasteiger charge is 2.19. The molecule has 0 saturated carbocycles. The van der Waals surface area contributed by atoms with Crippen molar-refractivity contribution in [3.05, 3.63) is 11.8 Å². The molecule has 1 fully saturated rings. The molecule has 9 nitrogen and oxygen atoms in total. The molecule has 1 heterocycles. The Labute approximate surface area is 147 Å². The van der Waals surface area contributed by atoms with Crippen LogP contribution in [-0.2, 0) is 14.3 Å². The van der Waals surface area contributed by atoms with Crippen molar-refractivity contribution in [2.24, 2.45) is 0 Å². The molecule has 0 unspecified atom stereocenters. The van der Waals surface area contributed by atoms with Gasteiger partial charge in [0.05, 0.1) is 6.61 Å². The van der Waals surface area contributed by atoms with Gasteiger partial charge in [0.1, 0.15) is 11.6 Å². The van der Waals surface area contributed by atoms with Crippen LogP contribution in [0.25, 0.3) is 0 Å². The average Bonchev–Trinajstić information content (AvgIpc) is 3.00. The molecule has 0 aromatic rings. The van der Waals surface area contributed by atoms with Crippen LogP contribution in [0.15, 0.2) is 11.8 Å². The minimum atomic E-state index is -0.511. The lowest BCUT2D eigenvalue weighted by Crippen LogP contribution is -2.32. The second-order valence-electron chi connectivity index (χ2n) is 5.36. The molecule has 0 aromatic carbocycles. The van der Waals surface area contributed by atoms with E-state index in [4.69, 9.17) is 10.00 Å². The van der Waals surface area contributed by atoms with Crippen molar-refractivity contribution in [3.63, 3.8) is 0 Å². The van der Waals surface area contributed by atoms with Crippen molar-refractivity contribution in [1.82, 2.24) is 20.9 Å². The van der Waals surface area contributed by atoms with Crippen LogP contribution in [0.3, 0.4) is 0 Å². The van der Waals surface area contributed by atoms with E-state index in [-0.39, 0.29) is 11.5 Å². The lowest BCUT2D eigenvalue weighted by molar-refractivity contribution is -0.127. The molecule has 0 atom stereocenters. The van der Waals surface area contributed by atoms with Crippen LogP contribution in [0.1, 0.15) is 26.2 Å². The summed E-state index contributed by atoms with van der Waals surface area (Å²) in [4.78, 5) is 36.2. The van der Waals surface area contributed by atoms with Crippen LogP contribution in [0.5, 0.6) is 0 Å². The zero-order chi connectivity index (χ0) is 18.5. The molecule has 0 aliphatic carbocycles. The van der Waals surface area contributed by atoms with Crippen molar-refractivity contribution in [2.45, 2.75) is 26.2 Å². The Bertz CT molecular complexity index is 541. The molecule has 3 N–H and O–H groups in total. The highest BCUT2D eigenvalue weighted by Crippen LogP contribution is 2.09. The molecule has 3 amide bonds. The molecule has 0 spiro atoms. The fourth-order valence-electron chi connectivity index (χ4n) is 2.25. The van der Waals surface area contributed by atoms with E-state index in [1.807, 2.05) is 6.07 Å². The lowest BCUT2D eigenvalue weighted by Gasteiger charge is -2.15. The van der Waals surface area contributed by atoms with Gasteiger partial charge in [-0.15, -0.1) is 0 Å². The van der Waals surface area contributed by atoms with Crippen LogP contribution in [0, 0.1) is 11.3 Å². The van der Waals surface area contributed by atoms with E-state index >= 15 is 0 Å². The average molecular weight is 351 g/mol. The summed E-state index contributed by atoms with van der Waals surface area (Å²) in [6.45, 7) is 4.45. The van der Waals surface area contributed by atoms with E-state index in [0.717, 1.165) is 13.0 Å². The Morgan fingerprint density at radius 1 is 1.32 bits per heavy atom. The third kappa shape index (κ3) is 8.06. The largest absolute Gasteiger partial charge is 0.450 e. The number of amides is 3. The SMILES string of the molecule is CCOC(=O)NCCN/C=C(/C#N)C(=O)NCCCN1CCCC1=O. The van der Waals surface area contributed by atoms with Crippen LogP contribution >= 0.6 is 0 Å². The molecule has 0 bridgehead atoms. The van der Waals surface area contributed by atoms with Gasteiger partial charge < -0.3 is 25.6 Å². The summed E-state index contributed by atoms with van der Waals surface area (Å²) in [5, 5.41) is 17.0. The van der Waals surface area contributed by atoms with Crippen LogP contribution in [0.4, 0.5) is 4.79 Å². The Hall–Kier alpha value is -2.76. The molecule has 9 heteroatoms. The Morgan fingerprint density at radius 2 is 2.12 bits per heavy atom. The number of ether oxygens (including phenoxy) is 1. The molecular formula is C16H25N5O4. The number of nitriles is 1. The fourth-order valence-corrected chi connectivity index (χ4v) is 2.25. The quantitative estimate of drug-likeness (QED) is 0.286. The van der Waals surface area contributed by atoms with Gasteiger partial charge in [0, 0.05) is 45.3 Å². The summed E-state index contributed by atoms with van der Waals surface area (Å²) in [7, 11) is 0. The second-order valence-corrected chi connectivity index (χ2v) is 5.36. The predicted molar refractivity (Wildman–Crippen MR) is 90.2 cm³/mol. The second kappa shape index (κ2) is 11.7. The van der Waals surface area contributed by atoms with Gasteiger partial charge in [-0.25, -0.2) is 4.79 Å². The number of carbonyl (C=O) groups is 3.